The van der Waals surface area contributed by atoms with Crippen molar-refractivity contribution in [1.82, 2.24) is 0 Å². The number of halogens is 1. The Hall–Kier alpha value is -1.29. The Kier molecular flexibility index (Phi) is 3.24. The molecule has 0 bridgehead atoms. The van der Waals surface area contributed by atoms with Crippen molar-refractivity contribution in [3.63, 3.8) is 0 Å². The fourth-order valence-electron chi connectivity index (χ4n) is 2.76. The minimum atomic E-state index is -0.543. The van der Waals surface area contributed by atoms with Crippen LogP contribution in [0, 0.1) is 5.82 Å². The summed E-state index contributed by atoms with van der Waals surface area (Å²) in [6.45, 7) is 0.468. The number of methoxy groups -OCH3 is 1. The Labute approximate surface area is 100 Å². The number of ether oxygens (including phenoxy) is 1. The normalized spacial score (nSPS) is 18.3. The molecular weight excluding hydrogens is 221 g/mol. The number of nitrogens with two attached hydrogens (primary N) is 1. The van der Waals surface area contributed by atoms with Gasteiger partial charge in [0, 0.05) is 23.6 Å². The lowest BCUT2D eigenvalue weighted by Gasteiger charge is -2.29. The fraction of sp³-hybridized carbons (Fsp3) is 0.538. The van der Waals surface area contributed by atoms with Gasteiger partial charge in [-0.05, 0) is 18.9 Å². The molecule has 1 aromatic carbocycles. The van der Waals surface area contributed by atoms with Crippen LogP contribution in [-0.2, 0) is 5.41 Å². The van der Waals surface area contributed by atoms with Crippen molar-refractivity contribution >= 4 is 0 Å². The molecule has 0 unspecified atom stereocenters. The predicted octanol–water partition coefficient (Wildman–Crippen LogP) is 2.31. The molecule has 3 nitrogen and oxygen atoms in total. The molecule has 0 spiro atoms. The molecule has 1 saturated carbocycles. The van der Waals surface area contributed by atoms with Gasteiger partial charge in [-0.25, -0.2) is 4.39 Å². The zero-order valence-corrected chi connectivity index (χ0v) is 10.0. The Bertz CT molecular complexity index is 414. The number of hydrogen-bond donors (Lipinski definition) is 2. The molecule has 3 N–H and O–H groups in total. The highest BCUT2D eigenvalue weighted by molar-refractivity contribution is 5.46. The number of aromatic hydroxyl groups is 1. The molecule has 0 saturated heterocycles. The molecule has 0 radical (unpaired) electrons. The first-order chi connectivity index (χ1) is 8.13. The van der Waals surface area contributed by atoms with E-state index in [0.29, 0.717) is 6.54 Å². The lowest BCUT2D eigenvalue weighted by Crippen LogP contribution is -2.32. The molecule has 0 aliphatic heterocycles. The minimum absolute atomic E-state index is 0.0179. The van der Waals surface area contributed by atoms with E-state index in [1.807, 2.05) is 0 Å². The third-order valence-electron chi connectivity index (χ3n) is 3.79. The largest absolute Gasteiger partial charge is 0.508 e. The second-order valence-electron chi connectivity index (χ2n) is 4.70. The first kappa shape index (κ1) is 12.2. The molecule has 94 valence electrons. The van der Waals surface area contributed by atoms with E-state index in [0.717, 1.165) is 37.3 Å². The molecule has 0 heterocycles. The van der Waals surface area contributed by atoms with E-state index in [2.05, 4.69) is 0 Å². The van der Waals surface area contributed by atoms with Gasteiger partial charge in [0.1, 0.15) is 5.75 Å². The zero-order chi connectivity index (χ0) is 12.5. The molecule has 1 aromatic rings. The van der Waals surface area contributed by atoms with Crippen LogP contribution in [0.15, 0.2) is 12.1 Å². The maximum atomic E-state index is 13.4. The van der Waals surface area contributed by atoms with Gasteiger partial charge in [0.15, 0.2) is 11.6 Å². The number of phenolic OH excluding ortho intramolecular Hbond substituents is 1. The maximum absolute atomic E-state index is 13.4. The van der Waals surface area contributed by atoms with E-state index in [1.165, 1.54) is 7.11 Å². The average Bonchev–Trinajstić information content (AvgIpc) is 2.79. The number of phenols is 1. The Morgan fingerprint density at radius 2 is 2.06 bits per heavy atom. The molecule has 17 heavy (non-hydrogen) atoms. The number of hydrogen-bond acceptors (Lipinski definition) is 3. The lowest BCUT2D eigenvalue weighted by molar-refractivity contribution is 0.368. The molecule has 1 aliphatic rings. The van der Waals surface area contributed by atoms with Gasteiger partial charge in [0.05, 0.1) is 7.11 Å². The average molecular weight is 239 g/mol. The summed E-state index contributed by atoms with van der Waals surface area (Å²) < 4.78 is 18.4. The zero-order valence-electron chi connectivity index (χ0n) is 10.0. The van der Waals surface area contributed by atoms with Crippen LogP contribution in [0.25, 0.3) is 0 Å². The van der Waals surface area contributed by atoms with Gasteiger partial charge in [-0.2, -0.15) is 0 Å². The van der Waals surface area contributed by atoms with Gasteiger partial charge in [0.25, 0.3) is 0 Å². The van der Waals surface area contributed by atoms with Gasteiger partial charge in [-0.3, -0.25) is 0 Å². The van der Waals surface area contributed by atoms with Crippen LogP contribution in [0.1, 0.15) is 31.2 Å². The number of benzene rings is 1. The Balaban J connectivity index is 2.50. The lowest BCUT2D eigenvalue weighted by atomic mass is 9.78. The number of rotatable bonds is 3. The highest BCUT2D eigenvalue weighted by Gasteiger charge is 2.37. The first-order valence-corrected chi connectivity index (χ1v) is 5.90. The van der Waals surface area contributed by atoms with Crippen LogP contribution >= 0.6 is 0 Å². The predicted molar refractivity (Wildman–Crippen MR) is 63.8 cm³/mol. The van der Waals surface area contributed by atoms with Gasteiger partial charge in [-0.15, -0.1) is 0 Å². The summed E-state index contributed by atoms with van der Waals surface area (Å²) in [6.07, 6.45) is 4.06. The maximum Gasteiger partial charge on any atom is 0.168 e. The first-order valence-electron chi connectivity index (χ1n) is 5.90. The standard InChI is InChI=1S/C13H18FNO2/c1-17-12-6-9(11(16)7-10(12)14)13(8-15)4-2-3-5-13/h6-7,16H,2-5,8,15H2,1H3. The summed E-state index contributed by atoms with van der Waals surface area (Å²) in [5, 5.41) is 9.92. The van der Waals surface area contributed by atoms with Crippen LogP contribution in [0.5, 0.6) is 11.5 Å². The third-order valence-corrected chi connectivity index (χ3v) is 3.79. The van der Waals surface area contributed by atoms with Crippen molar-refractivity contribution < 1.29 is 14.2 Å². The molecule has 0 atom stereocenters. The highest BCUT2D eigenvalue weighted by Crippen LogP contribution is 2.45. The molecule has 1 fully saturated rings. The SMILES string of the molecule is COc1cc(C2(CN)CCCC2)c(O)cc1F. The molecule has 0 aromatic heterocycles. The second-order valence-corrected chi connectivity index (χ2v) is 4.70. The van der Waals surface area contributed by atoms with E-state index in [9.17, 15) is 9.50 Å². The van der Waals surface area contributed by atoms with Crippen LogP contribution in [0.2, 0.25) is 0 Å². The van der Waals surface area contributed by atoms with Gasteiger partial charge < -0.3 is 15.6 Å². The van der Waals surface area contributed by atoms with Crippen molar-refractivity contribution in [2.75, 3.05) is 13.7 Å². The topological polar surface area (TPSA) is 55.5 Å². The summed E-state index contributed by atoms with van der Waals surface area (Å²) in [4.78, 5) is 0. The summed E-state index contributed by atoms with van der Waals surface area (Å²) in [5.74, 6) is -0.396. The van der Waals surface area contributed by atoms with Gasteiger partial charge in [0.2, 0.25) is 0 Å². The van der Waals surface area contributed by atoms with E-state index < -0.39 is 5.82 Å². The van der Waals surface area contributed by atoms with E-state index in [4.69, 9.17) is 10.5 Å². The Morgan fingerprint density at radius 3 is 2.59 bits per heavy atom. The van der Waals surface area contributed by atoms with Crippen LogP contribution < -0.4 is 10.5 Å². The van der Waals surface area contributed by atoms with Crippen molar-refractivity contribution in [3.05, 3.63) is 23.5 Å². The van der Waals surface area contributed by atoms with Crippen molar-refractivity contribution in [3.8, 4) is 11.5 Å². The molecule has 0 amide bonds. The summed E-state index contributed by atoms with van der Waals surface area (Å²) in [6, 6.07) is 2.70. The third kappa shape index (κ3) is 1.97. The Morgan fingerprint density at radius 1 is 1.41 bits per heavy atom. The summed E-state index contributed by atoms with van der Waals surface area (Å²) >= 11 is 0. The van der Waals surface area contributed by atoms with Crippen molar-refractivity contribution in [2.45, 2.75) is 31.1 Å². The quantitative estimate of drug-likeness (QED) is 0.851. The second kappa shape index (κ2) is 4.53. The molecular formula is C13H18FNO2. The highest BCUT2D eigenvalue weighted by atomic mass is 19.1. The van der Waals surface area contributed by atoms with E-state index in [1.54, 1.807) is 6.07 Å². The van der Waals surface area contributed by atoms with Crippen LogP contribution in [-0.4, -0.2) is 18.8 Å². The van der Waals surface area contributed by atoms with Gasteiger partial charge in [-0.1, -0.05) is 12.8 Å². The fourth-order valence-corrected chi connectivity index (χ4v) is 2.76. The molecule has 1 aliphatic carbocycles. The van der Waals surface area contributed by atoms with Crippen LogP contribution in [0.4, 0.5) is 4.39 Å². The summed E-state index contributed by atoms with van der Waals surface area (Å²) in [7, 11) is 1.42. The van der Waals surface area contributed by atoms with Crippen molar-refractivity contribution in [2.24, 2.45) is 5.73 Å². The monoisotopic (exact) mass is 239 g/mol. The van der Waals surface area contributed by atoms with Crippen molar-refractivity contribution in [1.29, 1.82) is 0 Å². The molecule has 2 rings (SSSR count). The van der Waals surface area contributed by atoms with Gasteiger partial charge >= 0.3 is 0 Å². The minimum Gasteiger partial charge on any atom is -0.508 e. The molecule has 4 heteroatoms. The van der Waals surface area contributed by atoms with E-state index in [-0.39, 0.29) is 16.9 Å². The smallest absolute Gasteiger partial charge is 0.168 e. The van der Waals surface area contributed by atoms with E-state index >= 15 is 0 Å². The van der Waals surface area contributed by atoms with Crippen LogP contribution in [0.3, 0.4) is 0 Å². The summed E-state index contributed by atoms with van der Waals surface area (Å²) in [5.41, 5.74) is 6.35.